The average Bonchev–Trinajstić information content (AvgIpc) is 1.67. The van der Waals surface area contributed by atoms with Crippen LogP contribution in [-0.4, -0.2) is 27.4 Å². The molecule has 0 amide bonds. The van der Waals surface area contributed by atoms with Crippen LogP contribution < -0.4 is 0 Å². The molecule has 145 heavy (non-hydrogen) atoms. The van der Waals surface area contributed by atoms with E-state index in [0.717, 1.165) is 5.69 Å². The van der Waals surface area contributed by atoms with Gasteiger partial charge in [0.25, 0.3) is 0 Å². The SMILES string of the molecule is c1ccc(-c2cc(-c3ccccc3)cc(-n3c4ccccc4c4cc(-c5ccc6c(c5)c5ccccc5n6-c5ccc6sc7ccccc7c6c5)ccc43)c2)cc1.c1ccc(-n2c3ccccc3c3cc(-c4ccc5c(c4)c4ccccc4n5-c4ccc5c6ccccc6c6ccccc6c5c4)ccc32)cc1.c1ccc(-n2c3ccccc3c3cc(-c4ccc5c(c4)c4ccccc4n5-c4ccccc4)ccc32)cc1. The van der Waals surface area contributed by atoms with E-state index in [4.69, 9.17) is 0 Å². The first kappa shape index (κ1) is 83.1. The third-order valence-corrected chi connectivity index (χ3v) is 31.2. The van der Waals surface area contributed by atoms with Crippen molar-refractivity contribution in [2.75, 3.05) is 0 Å². The molecule has 0 radical (unpaired) electrons. The van der Waals surface area contributed by atoms with Gasteiger partial charge < -0.3 is 27.4 Å². The first-order valence-corrected chi connectivity index (χ1v) is 50.6. The fourth-order valence-electron chi connectivity index (χ4n) is 23.5. The molecule has 0 N–H and O–H groups in total. The molecule has 0 aliphatic carbocycles. The minimum atomic E-state index is 1.15. The summed E-state index contributed by atoms with van der Waals surface area (Å²) in [4.78, 5) is 0. The molecule has 0 saturated carbocycles. The van der Waals surface area contributed by atoms with Crippen molar-refractivity contribution >= 4 is 195 Å². The standard InChI is InChI=1S/C54H34N2S.C48H30N2.C36H24N2/c1-3-13-35(14-4-1)39-29-40(36-15-5-2-6-16-36)31-42(30-39)56-50-21-11-8-18-44(50)47-33-38(24-27-52(47)56)37-23-26-51-46(32-37)43-17-7-10-20-49(43)55(51)41-25-28-54-48(34-41)45-19-9-12-22-53(45)57-54;1-2-12-33(13-3-1)49-45-20-10-8-18-40(45)43-28-31(22-26-47(43)49)32-23-27-48-44(29-32)41-19-9-11-21-46(41)50(48)34-24-25-39-37-16-5-4-14-35(37)36-15-6-7-17-38(36)42(39)30-34;1-3-11-27(12-4-1)37-33-17-9-7-15-29(33)31-23-25(19-21-35(31)37)26-20-22-36-32(24-26)30-16-8-10-18-34(30)38(36)28-13-5-2-6-14-28/h1-34H;1-30H;1-24H. The van der Waals surface area contributed by atoms with Crippen LogP contribution in [0.2, 0.25) is 0 Å². The van der Waals surface area contributed by atoms with Crippen LogP contribution >= 0.6 is 11.3 Å². The fraction of sp³-hybridized carbons (Fsp3) is 0. The molecule has 7 aromatic heterocycles. The fourth-order valence-corrected chi connectivity index (χ4v) is 24.6. The number of para-hydroxylation sites is 9. The van der Waals surface area contributed by atoms with Crippen LogP contribution in [0.1, 0.15) is 0 Å². The predicted octanol–water partition coefficient (Wildman–Crippen LogP) is 37.8. The Morgan fingerprint density at radius 2 is 0.317 bits per heavy atom. The molecule has 31 aromatic rings. The van der Waals surface area contributed by atoms with E-state index >= 15 is 0 Å². The van der Waals surface area contributed by atoms with E-state index < -0.39 is 0 Å². The van der Waals surface area contributed by atoms with Gasteiger partial charge in [0.1, 0.15) is 0 Å². The number of benzene rings is 24. The molecule has 24 aromatic carbocycles. The molecule has 7 heteroatoms. The highest BCUT2D eigenvalue weighted by atomic mass is 32.1. The van der Waals surface area contributed by atoms with Gasteiger partial charge in [-0.1, -0.05) is 334 Å². The molecule has 0 atom stereocenters. The van der Waals surface area contributed by atoms with E-state index in [0.29, 0.717) is 0 Å². The van der Waals surface area contributed by atoms with Crippen molar-refractivity contribution in [1.82, 2.24) is 27.4 Å². The maximum Gasteiger partial charge on any atom is 0.0541 e. The molecule has 0 spiro atoms. The third-order valence-electron chi connectivity index (χ3n) is 30.1. The monoisotopic (exact) mass is 1860 g/mol. The summed E-state index contributed by atoms with van der Waals surface area (Å²) in [5.41, 5.74) is 33.8. The zero-order valence-electron chi connectivity index (χ0n) is 78.9. The van der Waals surface area contributed by atoms with Gasteiger partial charge in [0, 0.05) is 119 Å². The number of aromatic nitrogens is 6. The molecular formula is C138H88N6S. The van der Waals surface area contributed by atoms with Crippen LogP contribution in [0.15, 0.2) is 534 Å². The second-order valence-corrected chi connectivity index (χ2v) is 39.2. The minimum absolute atomic E-state index is 1.15. The van der Waals surface area contributed by atoms with Crippen molar-refractivity contribution in [3.63, 3.8) is 0 Å². The molecule has 0 fully saturated rings. The molecule has 31 rings (SSSR count). The van der Waals surface area contributed by atoms with Gasteiger partial charge in [-0.2, -0.15) is 0 Å². The smallest absolute Gasteiger partial charge is 0.0541 e. The van der Waals surface area contributed by atoms with E-state index in [9.17, 15) is 0 Å². The predicted molar refractivity (Wildman–Crippen MR) is 618 cm³/mol. The molecule has 0 aliphatic heterocycles. The Hall–Kier alpha value is -18.9. The van der Waals surface area contributed by atoms with Crippen LogP contribution in [0, 0.1) is 0 Å². The van der Waals surface area contributed by atoms with Gasteiger partial charge >= 0.3 is 0 Å². The number of hydrogen-bond acceptors (Lipinski definition) is 1. The van der Waals surface area contributed by atoms with Crippen molar-refractivity contribution in [1.29, 1.82) is 0 Å². The summed E-state index contributed by atoms with van der Waals surface area (Å²) in [7, 11) is 0. The Bertz CT molecular complexity index is 10400. The van der Waals surface area contributed by atoms with E-state index in [1.165, 1.54) is 267 Å². The Labute approximate surface area is 839 Å². The minimum Gasteiger partial charge on any atom is -0.309 e. The summed E-state index contributed by atoms with van der Waals surface area (Å²) in [6.07, 6.45) is 0. The first-order valence-electron chi connectivity index (χ1n) is 49.8. The summed E-state index contributed by atoms with van der Waals surface area (Å²) in [5, 5.41) is 25.5. The lowest BCUT2D eigenvalue weighted by Gasteiger charge is -2.14. The Morgan fingerprint density at radius 1 is 0.0966 bits per heavy atom. The van der Waals surface area contributed by atoms with E-state index in [1.807, 2.05) is 11.3 Å². The molecular weight excluding hydrogens is 1770 g/mol. The van der Waals surface area contributed by atoms with Gasteiger partial charge in [-0.25, -0.2) is 0 Å². The molecule has 0 saturated heterocycles. The molecule has 0 unspecified atom stereocenters. The van der Waals surface area contributed by atoms with Crippen molar-refractivity contribution in [3.8, 4) is 89.8 Å². The van der Waals surface area contributed by atoms with Gasteiger partial charge in [-0.15, -0.1) is 11.3 Å². The number of hydrogen-bond donors (Lipinski definition) is 0. The quantitative estimate of drug-likeness (QED) is 0.116. The average molecular weight is 1860 g/mol. The Balaban J connectivity index is 0.000000105. The summed E-state index contributed by atoms with van der Waals surface area (Å²) in [6.45, 7) is 0. The molecule has 6 nitrogen and oxygen atoms in total. The van der Waals surface area contributed by atoms with Gasteiger partial charge in [-0.05, 0) is 288 Å². The number of fused-ring (bicyclic) bond motifs is 27. The maximum absolute atomic E-state index is 2.44. The Kier molecular flexibility index (Phi) is 19.5. The zero-order chi connectivity index (χ0) is 95.3. The highest BCUT2D eigenvalue weighted by Gasteiger charge is 2.25. The Morgan fingerprint density at radius 3 is 0.634 bits per heavy atom. The van der Waals surface area contributed by atoms with E-state index in [1.54, 1.807) is 0 Å². The second-order valence-electron chi connectivity index (χ2n) is 38.1. The highest BCUT2D eigenvalue weighted by molar-refractivity contribution is 7.25. The highest BCUT2D eigenvalue weighted by Crippen LogP contribution is 2.48. The topological polar surface area (TPSA) is 29.6 Å². The number of nitrogens with zero attached hydrogens (tertiary/aromatic N) is 6. The van der Waals surface area contributed by atoms with Gasteiger partial charge in [-0.3, -0.25) is 0 Å². The maximum atomic E-state index is 2.44. The molecule has 0 aliphatic rings. The normalized spacial score (nSPS) is 11.9. The summed E-state index contributed by atoms with van der Waals surface area (Å²) < 4.78 is 17.1. The molecule has 676 valence electrons. The van der Waals surface area contributed by atoms with Gasteiger partial charge in [0.05, 0.1) is 66.2 Å². The van der Waals surface area contributed by atoms with Crippen LogP contribution in [0.3, 0.4) is 0 Å². The summed E-state index contributed by atoms with van der Waals surface area (Å²) >= 11 is 1.86. The van der Waals surface area contributed by atoms with E-state index in [2.05, 4.69) is 561 Å². The van der Waals surface area contributed by atoms with Crippen molar-refractivity contribution in [2.45, 2.75) is 0 Å². The molecule has 0 bridgehead atoms. The largest absolute Gasteiger partial charge is 0.309 e. The van der Waals surface area contributed by atoms with Crippen molar-refractivity contribution in [2.24, 2.45) is 0 Å². The number of rotatable bonds is 11. The third kappa shape index (κ3) is 13.7. The van der Waals surface area contributed by atoms with Crippen LogP contribution in [-0.2, 0) is 0 Å². The summed E-state index contributed by atoms with van der Waals surface area (Å²) in [6, 6.07) is 195. The summed E-state index contributed by atoms with van der Waals surface area (Å²) in [5.74, 6) is 0. The van der Waals surface area contributed by atoms with Gasteiger partial charge in [0.15, 0.2) is 0 Å². The van der Waals surface area contributed by atoms with Crippen molar-refractivity contribution in [3.05, 3.63) is 534 Å². The van der Waals surface area contributed by atoms with E-state index in [-0.39, 0.29) is 0 Å². The lowest BCUT2D eigenvalue weighted by atomic mass is 9.94. The second kappa shape index (κ2) is 34.0. The lowest BCUT2D eigenvalue weighted by Crippen LogP contribution is -1.96. The van der Waals surface area contributed by atoms with Crippen LogP contribution in [0.4, 0.5) is 0 Å². The van der Waals surface area contributed by atoms with Crippen LogP contribution in [0.5, 0.6) is 0 Å². The molecule has 7 heterocycles. The van der Waals surface area contributed by atoms with Crippen molar-refractivity contribution < 1.29 is 0 Å². The lowest BCUT2D eigenvalue weighted by molar-refractivity contribution is 1.18. The first-order chi connectivity index (χ1) is 71.9. The zero-order valence-corrected chi connectivity index (χ0v) is 79.7. The number of thiophene rings is 1. The van der Waals surface area contributed by atoms with Gasteiger partial charge in [0.2, 0.25) is 0 Å². The van der Waals surface area contributed by atoms with Crippen LogP contribution in [0.25, 0.3) is 273 Å².